The lowest BCUT2D eigenvalue weighted by Gasteiger charge is -2.48. The van der Waals surface area contributed by atoms with Crippen LogP contribution in [0, 0.1) is 11.3 Å². The van der Waals surface area contributed by atoms with Gasteiger partial charge in [0, 0.05) is 25.3 Å². The van der Waals surface area contributed by atoms with Crippen LogP contribution in [0.15, 0.2) is 24.3 Å². The first-order valence-electron chi connectivity index (χ1n) is 6.50. The van der Waals surface area contributed by atoms with E-state index >= 15 is 0 Å². The van der Waals surface area contributed by atoms with Crippen molar-refractivity contribution in [2.24, 2.45) is 11.3 Å². The van der Waals surface area contributed by atoms with Crippen LogP contribution in [0.5, 0.6) is 0 Å². The molecule has 1 saturated heterocycles. The second-order valence-electron chi connectivity index (χ2n) is 6.13. The molecule has 0 bridgehead atoms. The molecule has 0 atom stereocenters. The summed E-state index contributed by atoms with van der Waals surface area (Å²) < 4.78 is 0. The van der Waals surface area contributed by atoms with Gasteiger partial charge in [-0.3, -0.25) is 0 Å². The van der Waals surface area contributed by atoms with Crippen molar-refractivity contribution in [3.63, 3.8) is 0 Å². The Morgan fingerprint density at radius 1 is 1.24 bits per heavy atom. The molecule has 2 rings (SSSR count). The molecule has 17 heavy (non-hydrogen) atoms. The number of anilines is 1. The van der Waals surface area contributed by atoms with Crippen LogP contribution in [0.25, 0.3) is 0 Å². The Kier molecular flexibility index (Phi) is 3.43. The van der Waals surface area contributed by atoms with E-state index in [1.165, 1.54) is 24.3 Å². The Morgan fingerprint density at radius 3 is 2.47 bits per heavy atom. The lowest BCUT2D eigenvalue weighted by molar-refractivity contribution is 0.195. The maximum atomic E-state index is 3.24. The maximum absolute atomic E-state index is 3.24. The molecule has 94 valence electrons. The van der Waals surface area contributed by atoms with Crippen molar-refractivity contribution in [3.05, 3.63) is 29.8 Å². The Hall–Kier alpha value is -1.02. The van der Waals surface area contributed by atoms with Gasteiger partial charge in [-0.05, 0) is 30.0 Å². The molecule has 1 N–H and O–H groups in total. The predicted octanol–water partition coefficient (Wildman–Crippen LogP) is 2.89. The van der Waals surface area contributed by atoms with Gasteiger partial charge in [-0.25, -0.2) is 0 Å². The number of hydrogen-bond donors (Lipinski definition) is 1. The minimum Gasteiger partial charge on any atom is -0.371 e. The lowest BCUT2D eigenvalue weighted by Crippen LogP contribution is -2.52. The molecule has 0 saturated carbocycles. The van der Waals surface area contributed by atoms with Crippen LogP contribution >= 0.6 is 0 Å². The highest BCUT2D eigenvalue weighted by Crippen LogP contribution is 2.37. The van der Waals surface area contributed by atoms with Gasteiger partial charge in [0.25, 0.3) is 0 Å². The number of nitrogens with one attached hydrogen (secondary N) is 1. The van der Waals surface area contributed by atoms with E-state index in [1.807, 2.05) is 7.05 Å². The predicted molar refractivity (Wildman–Crippen MR) is 74.4 cm³/mol. The minimum absolute atomic E-state index is 0.439. The molecule has 2 nitrogen and oxygen atoms in total. The molecule has 0 unspecified atom stereocenters. The molecular weight excluding hydrogens is 208 g/mol. The molecule has 1 fully saturated rings. The molecule has 1 aliphatic heterocycles. The Bertz CT molecular complexity index is 373. The molecule has 0 aliphatic carbocycles. The topological polar surface area (TPSA) is 15.3 Å². The quantitative estimate of drug-likeness (QED) is 0.862. The second-order valence-corrected chi connectivity index (χ2v) is 6.13. The average Bonchev–Trinajstić information content (AvgIpc) is 2.16. The van der Waals surface area contributed by atoms with Crippen molar-refractivity contribution in [1.29, 1.82) is 0 Å². The van der Waals surface area contributed by atoms with Crippen LogP contribution in [-0.4, -0.2) is 20.1 Å². The third-order valence-corrected chi connectivity index (χ3v) is 3.81. The smallest absolute Gasteiger partial charge is 0.0412 e. The van der Waals surface area contributed by atoms with Crippen LogP contribution < -0.4 is 10.2 Å². The summed E-state index contributed by atoms with van der Waals surface area (Å²) in [6, 6.07) is 8.72. The van der Waals surface area contributed by atoms with Gasteiger partial charge in [0.2, 0.25) is 0 Å². The van der Waals surface area contributed by atoms with Gasteiger partial charge in [0.05, 0.1) is 0 Å². The summed E-state index contributed by atoms with van der Waals surface area (Å²) in [5.74, 6) is 0.824. The molecule has 0 amide bonds. The van der Waals surface area contributed by atoms with Crippen molar-refractivity contribution in [2.45, 2.75) is 27.3 Å². The molecule has 1 heterocycles. The first kappa shape index (κ1) is 12.4. The van der Waals surface area contributed by atoms with Crippen molar-refractivity contribution < 1.29 is 0 Å². The van der Waals surface area contributed by atoms with Gasteiger partial charge in [-0.15, -0.1) is 0 Å². The average molecular weight is 232 g/mol. The van der Waals surface area contributed by atoms with E-state index in [0.717, 1.165) is 12.5 Å². The van der Waals surface area contributed by atoms with E-state index in [9.17, 15) is 0 Å². The summed E-state index contributed by atoms with van der Waals surface area (Å²) in [6.07, 6.45) is 0. The number of hydrogen-bond acceptors (Lipinski definition) is 2. The SMILES string of the molecule is CNCc1ccccc1N1CC(C(C)(C)C)C1. The van der Waals surface area contributed by atoms with Gasteiger partial charge in [-0.1, -0.05) is 39.0 Å². The van der Waals surface area contributed by atoms with E-state index < -0.39 is 0 Å². The Balaban J connectivity index is 2.06. The lowest BCUT2D eigenvalue weighted by atomic mass is 9.75. The summed E-state index contributed by atoms with van der Waals surface area (Å²) in [5, 5.41) is 3.24. The third-order valence-electron chi connectivity index (χ3n) is 3.81. The monoisotopic (exact) mass is 232 g/mol. The van der Waals surface area contributed by atoms with Gasteiger partial charge in [0.15, 0.2) is 0 Å². The largest absolute Gasteiger partial charge is 0.371 e. The van der Waals surface area contributed by atoms with E-state index in [0.29, 0.717) is 5.41 Å². The molecule has 1 aromatic rings. The van der Waals surface area contributed by atoms with Gasteiger partial charge < -0.3 is 10.2 Å². The van der Waals surface area contributed by atoms with Crippen molar-refractivity contribution in [2.75, 3.05) is 25.0 Å². The fourth-order valence-corrected chi connectivity index (χ4v) is 2.38. The molecule has 2 heteroatoms. The van der Waals surface area contributed by atoms with E-state index in [2.05, 4.69) is 55.3 Å². The standard InChI is InChI=1S/C15H24N2/c1-15(2,3)13-10-17(11-13)14-8-6-5-7-12(14)9-16-4/h5-8,13,16H,9-11H2,1-4H3. The van der Waals surface area contributed by atoms with E-state index in [4.69, 9.17) is 0 Å². The molecule has 1 aromatic carbocycles. The first-order valence-corrected chi connectivity index (χ1v) is 6.50. The normalized spacial score (nSPS) is 17.1. The molecule has 0 aromatic heterocycles. The van der Waals surface area contributed by atoms with Crippen LogP contribution in [0.4, 0.5) is 5.69 Å². The first-order chi connectivity index (χ1) is 8.02. The number of benzene rings is 1. The maximum Gasteiger partial charge on any atom is 0.0412 e. The Morgan fingerprint density at radius 2 is 1.88 bits per heavy atom. The van der Waals surface area contributed by atoms with E-state index in [1.54, 1.807) is 0 Å². The highest BCUT2D eigenvalue weighted by Gasteiger charge is 2.36. The highest BCUT2D eigenvalue weighted by molar-refractivity contribution is 5.55. The van der Waals surface area contributed by atoms with Crippen molar-refractivity contribution in [3.8, 4) is 0 Å². The third kappa shape index (κ3) is 2.63. The Labute approximate surface area is 105 Å². The fraction of sp³-hybridized carbons (Fsp3) is 0.600. The summed E-state index contributed by atoms with van der Waals surface area (Å²) >= 11 is 0. The zero-order chi connectivity index (χ0) is 12.5. The van der Waals surface area contributed by atoms with Crippen LogP contribution in [0.1, 0.15) is 26.3 Å². The molecule has 0 radical (unpaired) electrons. The second kappa shape index (κ2) is 4.69. The van der Waals surface area contributed by atoms with Crippen LogP contribution in [-0.2, 0) is 6.54 Å². The number of nitrogens with zero attached hydrogens (tertiary/aromatic N) is 1. The highest BCUT2D eigenvalue weighted by atomic mass is 15.2. The van der Waals surface area contributed by atoms with Crippen LogP contribution in [0.2, 0.25) is 0 Å². The van der Waals surface area contributed by atoms with Gasteiger partial charge >= 0.3 is 0 Å². The van der Waals surface area contributed by atoms with Gasteiger partial charge in [-0.2, -0.15) is 0 Å². The van der Waals surface area contributed by atoms with Crippen molar-refractivity contribution in [1.82, 2.24) is 5.32 Å². The number of para-hydroxylation sites is 1. The summed E-state index contributed by atoms with van der Waals surface area (Å²) in [7, 11) is 2.00. The molecular formula is C15H24N2. The van der Waals surface area contributed by atoms with Crippen molar-refractivity contribution >= 4 is 5.69 Å². The zero-order valence-corrected chi connectivity index (χ0v) is 11.5. The van der Waals surface area contributed by atoms with Crippen LogP contribution in [0.3, 0.4) is 0 Å². The summed E-state index contributed by atoms with van der Waals surface area (Å²) in [4.78, 5) is 2.50. The number of rotatable bonds is 3. The minimum atomic E-state index is 0.439. The summed E-state index contributed by atoms with van der Waals surface area (Å²) in [6.45, 7) is 10.4. The fourth-order valence-electron chi connectivity index (χ4n) is 2.38. The summed E-state index contributed by atoms with van der Waals surface area (Å²) in [5.41, 5.74) is 3.25. The van der Waals surface area contributed by atoms with Gasteiger partial charge in [0.1, 0.15) is 0 Å². The zero-order valence-electron chi connectivity index (χ0n) is 11.5. The molecule has 1 aliphatic rings. The van der Waals surface area contributed by atoms with E-state index in [-0.39, 0.29) is 0 Å². The molecule has 0 spiro atoms.